The van der Waals surface area contributed by atoms with Gasteiger partial charge in [0.2, 0.25) is 5.43 Å². The van der Waals surface area contributed by atoms with E-state index in [1.807, 2.05) is 24.3 Å². The van der Waals surface area contributed by atoms with Crippen molar-refractivity contribution < 1.29 is 19.1 Å². The molecule has 1 aromatic heterocycles. The van der Waals surface area contributed by atoms with Gasteiger partial charge in [-0.05, 0) is 56.1 Å². The van der Waals surface area contributed by atoms with Gasteiger partial charge in [0, 0.05) is 17.6 Å². The fraction of sp³-hybridized carbons (Fsp3) is 0.333. The van der Waals surface area contributed by atoms with Crippen molar-refractivity contribution in [3.05, 3.63) is 62.9 Å². The number of likely N-dealkylation sites (tertiary alicyclic amines) is 1. The van der Waals surface area contributed by atoms with Gasteiger partial charge in [-0.2, -0.15) is 0 Å². The van der Waals surface area contributed by atoms with E-state index in [0.29, 0.717) is 41.8 Å². The van der Waals surface area contributed by atoms with Crippen LogP contribution in [0.4, 0.5) is 0 Å². The summed E-state index contributed by atoms with van der Waals surface area (Å²) in [7, 11) is 0. The summed E-state index contributed by atoms with van der Waals surface area (Å²) in [5.74, 6) is -0.285. The third kappa shape index (κ3) is 4.52. The Labute approximate surface area is 188 Å². The maximum Gasteiger partial charge on any atom is 0.310 e. The van der Waals surface area contributed by atoms with Crippen LogP contribution in [0, 0.1) is 5.92 Å². The van der Waals surface area contributed by atoms with Gasteiger partial charge in [-0.25, -0.2) is 0 Å². The smallest absolute Gasteiger partial charge is 0.310 e. The predicted octanol–water partition coefficient (Wildman–Crippen LogP) is 4.70. The SMILES string of the molecule is CCOC(=O)C1CCCN(Cc2c(O)ccc3c(=O)c(-c4ccc(Br)cc4)coc23)C1. The van der Waals surface area contributed by atoms with Gasteiger partial charge in [0.25, 0.3) is 0 Å². The van der Waals surface area contributed by atoms with Gasteiger partial charge in [0.1, 0.15) is 17.6 Å². The number of piperidine rings is 1. The molecule has 0 bridgehead atoms. The molecule has 0 amide bonds. The van der Waals surface area contributed by atoms with Crippen LogP contribution in [0.15, 0.2) is 56.3 Å². The number of rotatable bonds is 5. The Kier molecular flexibility index (Phi) is 6.43. The Morgan fingerprint density at radius 3 is 2.77 bits per heavy atom. The lowest BCUT2D eigenvalue weighted by Gasteiger charge is -2.31. The first kappa shape index (κ1) is 21.6. The minimum absolute atomic E-state index is 0.0744. The second-order valence-electron chi connectivity index (χ2n) is 7.75. The number of nitrogens with zero attached hydrogens (tertiary/aromatic N) is 1. The molecule has 2 aromatic carbocycles. The fourth-order valence-corrected chi connectivity index (χ4v) is 4.37. The standard InChI is InChI=1S/C24H24BrNO5/c1-2-30-24(29)16-4-3-11-26(12-16)13-19-21(27)10-9-18-22(28)20(14-31-23(18)19)15-5-7-17(25)8-6-15/h5-10,14,16,27H,2-4,11-13H2,1H3. The van der Waals surface area contributed by atoms with Crippen molar-refractivity contribution in [3.8, 4) is 16.9 Å². The van der Waals surface area contributed by atoms with Gasteiger partial charge in [-0.1, -0.05) is 28.1 Å². The lowest BCUT2D eigenvalue weighted by Crippen LogP contribution is -2.39. The first-order chi connectivity index (χ1) is 15.0. The molecule has 0 radical (unpaired) electrons. The van der Waals surface area contributed by atoms with E-state index in [1.165, 1.54) is 12.3 Å². The van der Waals surface area contributed by atoms with Gasteiger partial charge in [-0.15, -0.1) is 0 Å². The molecule has 1 aliphatic heterocycles. The van der Waals surface area contributed by atoms with E-state index in [2.05, 4.69) is 20.8 Å². The van der Waals surface area contributed by atoms with Crippen LogP contribution in [-0.4, -0.2) is 35.7 Å². The molecule has 1 saturated heterocycles. The van der Waals surface area contributed by atoms with Crippen LogP contribution in [0.5, 0.6) is 5.75 Å². The summed E-state index contributed by atoms with van der Waals surface area (Å²) in [6, 6.07) is 10.6. The Bertz CT molecular complexity index is 1160. The van der Waals surface area contributed by atoms with Crippen LogP contribution in [0.2, 0.25) is 0 Å². The lowest BCUT2D eigenvalue weighted by atomic mass is 9.97. The number of carbonyl (C=O) groups is 1. The minimum Gasteiger partial charge on any atom is -0.507 e. The van der Waals surface area contributed by atoms with Crippen molar-refractivity contribution in [2.75, 3.05) is 19.7 Å². The minimum atomic E-state index is -0.181. The maximum atomic E-state index is 13.2. The summed E-state index contributed by atoms with van der Waals surface area (Å²) >= 11 is 3.40. The lowest BCUT2D eigenvalue weighted by molar-refractivity contribution is -0.150. The van der Waals surface area contributed by atoms with E-state index in [1.54, 1.807) is 13.0 Å². The third-order valence-corrected chi connectivity index (χ3v) is 6.21. The molecule has 4 rings (SSSR count). The molecule has 7 heteroatoms. The second-order valence-corrected chi connectivity index (χ2v) is 8.67. The summed E-state index contributed by atoms with van der Waals surface area (Å²) in [4.78, 5) is 27.4. The number of hydrogen-bond acceptors (Lipinski definition) is 6. The number of ether oxygens (including phenoxy) is 1. The first-order valence-electron chi connectivity index (χ1n) is 10.4. The molecule has 6 nitrogen and oxygen atoms in total. The number of carbonyl (C=O) groups excluding carboxylic acids is 1. The molecular weight excluding hydrogens is 462 g/mol. The number of phenolic OH excluding ortho intramolecular Hbond substituents is 1. The topological polar surface area (TPSA) is 80.0 Å². The van der Waals surface area contributed by atoms with Crippen LogP contribution < -0.4 is 5.43 Å². The maximum absolute atomic E-state index is 13.2. The van der Waals surface area contributed by atoms with Crippen molar-refractivity contribution in [2.24, 2.45) is 5.92 Å². The molecule has 3 aromatic rings. The van der Waals surface area contributed by atoms with E-state index >= 15 is 0 Å². The van der Waals surface area contributed by atoms with Crippen molar-refractivity contribution in [3.63, 3.8) is 0 Å². The quantitative estimate of drug-likeness (QED) is 0.527. The van der Waals surface area contributed by atoms with E-state index in [-0.39, 0.29) is 23.1 Å². The molecule has 1 fully saturated rings. The van der Waals surface area contributed by atoms with E-state index in [4.69, 9.17) is 9.15 Å². The van der Waals surface area contributed by atoms with Gasteiger partial charge >= 0.3 is 5.97 Å². The number of fused-ring (bicyclic) bond motifs is 1. The van der Waals surface area contributed by atoms with Gasteiger partial charge < -0.3 is 14.3 Å². The van der Waals surface area contributed by atoms with Crippen LogP contribution >= 0.6 is 15.9 Å². The highest BCUT2D eigenvalue weighted by atomic mass is 79.9. The molecule has 2 heterocycles. The van der Waals surface area contributed by atoms with Gasteiger partial charge in [0.15, 0.2) is 0 Å². The van der Waals surface area contributed by atoms with Gasteiger partial charge in [-0.3, -0.25) is 14.5 Å². The number of phenols is 1. The van der Waals surface area contributed by atoms with Crippen LogP contribution in [0.3, 0.4) is 0 Å². The summed E-state index contributed by atoms with van der Waals surface area (Å²) in [5, 5.41) is 10.9. The average Bonchev–Trinajstić information content (AvgIpc) is 2.77. The zero-order chi connectivity index (χ0) is 22.0. The highest BCUT2D eigenvalue weighted by molar-refractivity contribution is 9.10. The molecule has 1 unspecified atom stereocenters. The van der Waals surface area contributed by atoms with E-state index in [0.717, 1.165) is 29.4 Å². The second kappa shape index (κ2) is 9.24. The Hall–Kier alpha value is -2.64. The van der Waals surface area contributed by atoms with Crippen molar-refractivity contribution in [2.45, 2.75) is 26.3 Å². The molecule has 0 spiro atoms. The Morgan fingerprint density at radius 1 is 1.26 bits per heavy atom. The first-order valence-corrected chi connectivity index (χ1v) is 11.2. The number of halogens is 1. The van der Waals surface area contributed by atoms with E-state index in [9.17, 15) is 14.7 Å². The molecule has 162 valence electrons. The highest BCUT2D eigenvalue weighted by Crippen LogP contribution is 2.31. The molecule has 0 aliphatic carbocycles. The zero-order valence-corrected chi connectivity index (χ0v) is 18.9. The summed E-state index contributed by atoms with van der Waals surface area (Å²) in [6.45, 7) is 3.91. The van der Waals surface area contributed by atoms with Crippen molar-refractivity contribution in [1.29, 1.82) is 0 Å². The summed E-state index contributed by atoms with van der Waals surface area (Å²) in [5.41, 5.74) is 2.03. The Morgan fingerprint density at radius 2 is 2.03 bits per heavy atom. The Balaban J connectivity index is 1.66. The third-order valence-electron chi connectivity index (χ3n) is 5.68. The molecule has 1 aliphatic rings. The van der Waals surface area contributed by atoms with Crippen LogP contribution in [-0.2, 0) is 16.1 Å². The zero-order valence-electron chi connectivity index (χ0n) is 17.3. The van der Waals surface area contributed by atoms with E-state index < -0.39 is 0 Å². The number of aromatic hydroxyl groups is 1. The number of esters is 1. The largest absolute Gasteiger partial charge is 0.507 e. The average molecular weight is 486 g/mol. The molecule has 0 saturated carbocycles. The molecule has 31 heavy (non-hydrogen) atoms. The van der Waals surface area contributed by atoms with Crippen LogP contribution in [0.1, 0.15) is 25.3 Å². The number of hydrogen-bond donors (Lipinski definition) is 1. The van der Waals surface area contributed by atoms with Crippen LogP contribution in [0.25, 0.3) is 22.1 Å². The summed E-state index contributed by atoms with van der Waals surface area (Å²) < 4.78 is 12.0. The van der Waals surface area contributed by atoms with Crippen molar-refractivity contribution >= 4 is 32.9 Å². The normalized spacial score (nSPS) is 17.0. The van der Waals surface area contributed by atoms with Gasteiger partial charge in [0.05, 0.1) is 29.0 Å². The monoisotopic (exact) mass is 485 g/mol. The molecule has 1 atom stereocenters. The summed E-state index contributed by atoms with van der Waals surface area (Å²) in [6.07, 6.45) is 3.11. The number of benzene rings is 2. The molecule has 1 N–H and O–H groups in total. The fourth-order valence-electron chi connectivity index (χ4n) is 4.10. The predicted molar refractivity (Wildman–Crippen MR) is 122 cm³/mol. The van der Waals surface area contributed by atoms with Crippen molar-refractivity contribution in [1.82, 2.24) is 4.90 Å². The highest BCUT2D eigenvalue weighted by Gasteiger charge is 2.28. The molecular formula is C24H24BrNO5.